The second-order valence-corrected chi connectivity index (χ2v) is 8.72. The van der Waals surface area contributed by atoms with E-state index in [0.717, 1.165) is 12.0 Å². The number of ether oxygens (including phenoxy) is 2. The van der Waals surface area contributed by atoms with Gasteiger partial charge >= 0.3 is 0 Å². The summed E-state index contributed by atoms with van der Waals surface area (Å²) in [6.45, 7) is 7.37. The number of amides is 1. The van der Waals surface area contributed by atoms with Gasteiger partial charge in [-0.3, -0.25) is 4.79 Å². The van der Waals surface area contributed by atoms with Crippen LogP contribution in [0.1, 0.15) is 29.8 Å². The molecule has 11 nitrogen and oxygen atoms in total. The molecule has 1 heterocycles. The van der Waals surface area contributed by atoms with Gasteiger partial charge in [-0.15, -0.1) is 0 Å². The molecule has 3 rings (SSSR count). The maximum absolute atomic E-state index is 12.0. The minimum absolute atomic E-state index is 0.114. The number of nitrogens with one attached hydrogen (secondary N) is 4. The Bertz CT molecular complexity index is 1100. The Balaban J connectivity index is 1.31. The van der Waals surface area contributed by atoms with E-state index < -0.39 is 0 Å². The molecule has 0 unspecified atom stereocenters. The van der Waals surface area contributed by atoms with Crippen LogP contribution in [-0.4, -0.2) is 78.1 Å². The summed E-state index contributed by atoms with van der Waals surface area (Å²) >= 11 is 0. The van der Waals surface area contributed by atoms with Crippen molar-refractivity contribution < 1.29 is 19.4 Å². The number of hydrogen-bond donors (Lipinski definition) is 5. The monoisotopic (exact) mass is 523 g/mol. The molecule has 38 heavy (non-hydrogen) atoms. The van der Waals surface area contributed by atoms with Crippen LogP contribution in [0.25, 0.3) is 0 Å². The number of rotatable bonds is 17. The molecule has 5 N–H and O–H groups in total. The maximum Gasteiger partial charge on any atom is 0.251 e. The summed E-state index contributed by atoms with van der Waals surface area (Å²) < 4.78 is 11.1. The first kappa shape index (κ1) is 28.6. The van der Waals surface area contributed by atoms with E-state index in [9.17, 15) is 9.90 Å². The first-order chi connectivity index (χ1) is 18.5. The van der Waals surface area contributed by atoms with Crippen molar-refractivity contribution in [2.24, 2.45) is 0 Å². The average Bonchev–Trinajstić information content (AvgIpc) is 2.91. The van der Waals surface area contributed by atoms with E-state index in [-0.39, 0.29) is 17.7 Å². The fraction of sp³-hybridized carbons (Fsp3) is 0.407. The summed E-state index contributed by atoms with van der Waals surface area (Å²) in [6.07, 6.45) is 0.761. The van der Waals surface area contributed by atoms with Crippen LogP contribution in [0.3, 0.4) is 0 Å². The molecule has 1 aromatic heterocycles. The lowest BCUT2D eigenvalue weighted by atomic mass is 10.1. The van der Waals surface area contributed by atoms with Crippen molar-refractivity contribution >= 4 is 23.8 Å². The standard InChI is InChI=1S/C27H37N7O4/c1-20(2)31-27-33-25(29-13-12-21-8-10-23(35)11-9-21)32-26(34-27)30-15-17-38-19-18-37-16-14-28-24(36)22-6-4-3-5-7-22/h3-11,20,35H,12-19H2,1-2H3,(H,28,36)(H3,29,30,31,32,33,34). The van der Waals surface area contributed by atoms with Gasteiger partial charge in [-0.25, -0.2) is 0 Å². The largest absolute Gasteiger partial charge is 0.508 e. The van der Waals surface area contributed by atoms with Crippen molar-refractivity contribution in [3.63, 3.8) is 0 Å². The predicted molar refractivity (Wildman–Crippen MR) is 148 cm³/mol. The van der Waals surface area contributed by atoms with Gasteiger partial charge in [0.1, 0.15) is 5.75 Å². The summed E-state index contributed by atoms with van der Waals surface area (Å²) in [5.74, 6) is 1.54. The van der Waals surface area contributed by atoms with E-state index >= 15 is 0 Å². The number of benzene rings is 2. The van der Waals surface area contributed by atoms with E-state index in [2.05, 4.69) is 36.2 Å². The number of aromatic nitrogens is 3. The van der Waals surface area contributed by atoms with Crippen LogP contribution >= 0.6 is 0 Å². The lowest BCUT2D eigenvalue weighted by molar-refractivity contribution is 0.0519. The van der Waals surface area contributed by atoms with Crippen molar-refractivity contribution in [3.8, 4) is 5.75 Å². The number of phenolic OH excluding ortho intramolecular Hbond substituents is 1. The molecule has 0 spiro atoms. The Labute approximate surface area is 223 Å². The van der Waals surface area contributed by atoms with Gasteiger partial charge in [0.15, 0.2) is 0 Å². The predicted octanol–water partition coefficient (Wildman–Crippen LogP) is 2.93. The molecular weight excluding hydrogens is 486 g/mol. The molecule has 3 aromatic rings. The molecule has 0 fully saturated rings. The van der Waals surface area contributed by atoms with Crippen molar-refractivity contribution in [2.75, 3.05) is 62.0 Å². The Hall–Kier alpha value is -3.96. The van der Waals surface area contributed by atoms with Gasteiger partial charge in [0.05, 0.1) is 26.4 Å². The minimum atomic E-state index is -0.114. The van der Waals surface area contributed by atoms with Gasteiger partial charge in [0, 0.05) is 31.2 Å². The zero-order valence-electron chi connectivity index (χ0n) is 21.9. The number of anilines is 3. The minimum Gasteiger partial charge on any atom is -0.508 e. The second kappa shape index (κ2) is 16.0. The summed E-state index contributed by atoms with van der Waals surface area (Å²) in [4.78, 5) is 25.3. The molecule has 204 valence electrons. The smallest absolute Gasteiger partial charge is 0.251 e. The average molecular weight is 524 g/mol. The summed E-state index contributed by atoms with van der Waals surface area (Å²) in [5.41, 5.74) is 1.73. The van der Waals surface area contributed by atoms with Crippen molar-refractivity contribution in [3.05, 3.63) is 65.7 Å². The number of aromatic hydroxyl groups is 1. The molecule has 0 radical (unpaired) electrons. The number of hydrogen-bond acceptors (Lipinski definition) is 10. The highest BCUT2D eigenvalue weighted by Gasteiger charge is 2.08. The van der Waals surface area contributed by atoms with E-state index in [1.807, 2.05) is 44.2 Å². The lowest BCUT2D eigenvalue weighted by Crippen LogP contribution is -2.27. The Morgan fingerprint density at radius 2 is 1.39 bits per heavy atom. The van der Waals surface area contributed by atoms with Crippen LogP contribution < -0.4 is 21.3 Å². The van der Waals surface area contributed by atoms with E-state index in [1.165, 1.54) is 0 Å². The van der Waals surface area contributed by atoms with Crippen LogP contribution in [0.5, 0.6) is 5.75 Å². The Morgan fingerprint density at radius 1 is 0.789 bits per heavy atom. The van der Waals surface area contributed by atoms with Crippen LogP contribution in [-0.2, 0) is 15.9 Å². The van der Waals surface area contributed by atoms with E-state index in [4.69, 9.17) is 9.47 Å². The second-order valence-electron chi connectivity index (χ2n) is 8.72. The zero-order chi connectivity index (χ0) is 27.0. The number of carbonyl (C=O) groups is 1. The van der Waals surface area contributed by atoms with E-state index in [1.54, 1.807) is 24.3 Å². The third-order valence-electron chi connectivity index (χ3n) is 5.16. The maximum atomic E-state index is 12.0. The molecule has 0 saturated carbocycles. The van der Waals surface area contributed by atoms with Crippen LogP contribution in [0.4, 0.5) is 17.8 Å². The Kier molecular flexibility index (Phi) is 12.0. The molecule has 0 aliphatic heterocycles. The van der Waals surface area contributed by atoms with Gasteiger partial charge in [0.25, 0.3) is 5.91 Å². The third-order valence-corrected chi connectivity index (χ3v) is 5.16. The molecular formula is C27H37N7O4. The highest BCUT2D eigenvalue weighted by molar-refractivity contribution is 5.94. The molecule has 0 saturated heterocycles. The van der Waals surface area contributed by atoms with Crippen LogP contribution in [0.2, 0.25) is 0 Å². The van der Waals surface area contributed by atoms with Gasteiger partial charge < -0.3 is 35.8 Å². The van der Waals surface area contributed by atoms with Gasteiger partial charge in [-0.05, 0) is 50.1 Å². The molecule has 0 aliphatic carbocycles. The fourth-order valence-electron chi connectivity index (χ4n) is 3.32. The quantitative estimate of drug-likeness (QED) is 0.168. The normalized spacial score (nSPS) is 10.8. The first-order valence-corrected chi connectivity index (χ1v) is 12.8. The summed E-state index contributed by atoms with van der Waals surface area (Å²) in [7, 11) is 0. The van der Waals surface area contributed by atoms with Crippen molar-refractivity contribution in [1.82, 2.24) is 20.3 Å². The highest BCUT2D eigenvalue weighted by Crippen LogP contribution is 2.12. The molecule has 2 aromatic carbocycles. The third kappa shape index (κ3) is 11.0. The van der Waals surface area contributed by atoms with Crippen molar-refractivity contribution in [1.29, 1.82) is 0 Å². The molecule has 0 aliphatic rings. The SMILES string of the molecule is CC(C)Nc1nc(NCCOCCOCCNC(=O)c2ccccc2)nc(NCCc2ccc(O)cc2)n1. The molecule has 11 heteroatoms. The van der Waals surface area contributed by atoms with Gasteiger partial charge in [0.2, 0.25) is 17.8 Å². The van der Waals surface area contributed by atoms with E-state index in [0.29, 0.717) is 69.5 Å². The molecule has 0 atom stereocenters. The number of nitrogens with zero attached hydrogens (tertiary/aromatic N) is 3. The molecule has 1 amide bonds. The first-order valence-electron chi connectivity index (χ1n) is 12.8. The Morgan fingerprint density at radius 3 is 2.05 bits per heavy atom. The van der Waals surface area contributed by atoms with Gasteiger partial charge in [-0.1, -0.05) is 30.3 Å². The van der Waals surface area contributed by atoms with Crippen LogP contribution in [0, 0.1) is 0 Å². The van der Waals surface area contributed by atoms with Gasteiger partial charge in [-0.2, -0.15) is 15.0 Å². The van der Waals surface area contributed by atoms with Crippen molar-refractivity contribution in [2.45, 2.75) is 26.3 Å². The topological polar surface area (TPSA) is 143 Å². The summed E-state index contributed by atoms with van der Waals surface area (Å²) in [6, 6.07) is 16.4. The number of phenols is 1. The lowest BCUT2D eigenvalue weighted by Gasteiger charge is -2.13. The zero-order valence-corrected chi connectivity index (χ0v) is 21.9. The van der Waals surface area contributed by atoms with Crippen LogP contribution in [0.15, 0.2) is 54.6 Å². The summed E-state index contributed by atoms with van der Waals surface area (Å²) in [5, 5.41) is 21.9. The fourth-order valence-corrected chi connectivity index (χ4v) is 3.32. The molecule has 0 bridgehead atoms. The highest BCUT2D eigenvalue weighted by atomic mass is 16.5. The number of carbonyl (C=O) groups excluding carboxylic acids is 1.